The summed E-state index contributed by atoms with van der Waals surface area (Å²) >= 11 is 0. The summed E-state index contributed by atoms with van der Waals surface area (Å²) in [5, 5.41) is 0.0136. The Labute approximate surface area is 125 Å². The lowest BCUT2D eigenvalue weighted by Crippen LogP contribution is -2.17. The standard InChI is InChI=1S/C15H11NO5S/c1-9-7-12-11(14(17)16-9)8-13(15(18)21-12)22(19,20)10-5-3-2-4-6-10/h2-8H,1H3,(H,16,17). The van der Waals surface area contributed by atoms with Gasteiger partial charge in [0.1, 0.15) is 5.58 Å². The van der Waals surface area contributed by atoms with Crippen LogP contribution in [0.3, 0.4) is 0 Å². The van der Waals surface area contributed by atoms with E-state index in [1.807, 2.05) is 0 Å². The zero-order chi connectivity index (χ0) is 15.9. The largest absolute Gasteiger partial charge is 0.421 e. The molecule has 0 amide bonds. The Morgan fingerprint density at radius 3 is 2.41 bits per heavy atom. The summed E-state index contributed by atoms with van der Waals surface area (Å²) in [6, 6.07) is 10.0. The summed E-state index contributed by atoms with van der Waals surface area (Å²) in [6.07, 6.45) is 0. The molecule has 3 aromatic rings. The SMILES string of the molecule is Cc1cc2oc(=O)c(S(=O)(=O)c3ccccc3)cc2c(=O)[nH]1. The highest BCUT2D eigenvalue weighted by molar-refractivity contribution is 7.91. The van der Waals surface area contributed by atoms with E-state index in [0.29, 0.717) is 5.69 Å². The highest BCUT2D eigenvalue weighted by Gasteiger charge is 2.23. The second-order valence-corrected chi connectivity index (χ2v) is 6.69. The monoisotopic (exact) mass is 317 g/mol. The van der Waals surface area contributed by atoms with Crippen LogP contribution in [0.1, 0.15) is 5.69 Å². The van der Waals surface area contributed by atoms with E-state index in [0.717, 1.165) is 6.07 Å². The van der Waals surface area contributed by atoms with Crippen molar-refractivity contribution in [3.05, 3.63) is 68.9 Å². The van der Waals surface area contributed by atoms with Crippen molar-refractivity contribution in [1.29, 1.82) is 0 Å². The second kappa shape index (κ2) is 4.96. The molecule has 0 bridgehead atoms. The fourth-order valence-corrected chi connectivity index (χ4v) is 3.45. The summed E-state index contributed by atoms with van der Waals surface area (Å²) in [5.41, 5.74) is -0.942. The lowest BCUT2D eigenvalue weighted by Gasteiger charge is -2.04. The summed E-state index contributed by atoms with van der Waals surface area (Å²) in [5.74, 6) is 0. The number of benzene rings is 1. The van der Waals surface area contributed by atoms with E-state index in [1.54, 1.807) is 25.1 Å². The van der Waals surface area contributed by atoms with Crippen molar-refractivity contribution in [2.45, 2.75) is 16.7 Å². The predicted molar refractivity (Wildman–Crippen MR) is 79.7 cm³/mol. The van der Waals surface area contributed by atoms with Crippen LogP contribution in [0.2, 0.25) is 0 Å². The second-order valence-electron chi connectivity index (χ2n) is 4.77. The lowest BCUT2D eigenvalue weighted by molar-refractivity contribution is 0.531. The summed E-state index contributed by atoms with van der Waals surface area (Å²) < 4.78 is 30.0. The van der Waals surface area contributed by atoms with E-state index in [4.69, 9.17) is 4.42 Å². The van der Waals surface area contributed by atoms with Crippen molar-refractivity contribution in [2.24, 2.45) is 0 Å². The molecule has 0 aliphatic rings. The zero-order valence-electron chi connectivity index (χ0n) is 11.5. The number of aromatic nitrogens is 1. The summed E-state index contributed by atoms with van der Waals surface area (Å²) in [6.45, 7) is 1.63. The van der Waals surface area contributed by atoms with Gasteiger partial charge in [-0.25, -0.2) is 13.2 Å². The van der Waals surface area contributed by atoms with Gasteiger partial charge >= 0.3 is 5.63 Å². The molecule has 0 saturated carbocycles. The minimum Gasteiger partial charge on any atom is -0.421 e. The Hall–Kier alpha value is -2.67. The van der Waals surface area contributed by atoms with E-state index >= 15 is 0 Å². The fourth-order valence-electron chi connectivity index (χ4n) is 2.14. The molecule has 0 atom stereocenters. The topological polar surface area (TPSA) is 97.2 Å². The first-order chi connectivity index (χ1) is 10.4. The van der Waals surface area contributed by atoms with Gasteiger partial charge in [0, 0.05) is 11.8 Å². The van der Waals surface area contributed by atoms with Crippen molar-refractivity contribution in [3.8, 4) is 0 Å². The zero-order valence-corrected chi connectivity index (χ0v) is 12.3. The molecule has 112 valence electrons. The Kier molecular flexibility index (Phi) is 3.22. The molecule has 0 fully saturated rings. The summed E-state index contributed by atoms with van der Waals surface area (Å²) in [4.78, 5) is 25.9. The van der Waals surface area contributed by atoms with Crippen molar-refractivity contribution in [3.63, 3.8) is 0 Å². The molecule has 6 nitrogen and oxygen atoms in total. The molecule has 2 aromatic heterocycles. The van der Waals surface area contributed by atoms with E-state index < -0.39 is 25.9 Å². The number of hydrogen-bond donors (Lipinski definition) is 1. The molecule has 7 heteroatoms. The highest BCUT2D eigenvalue weighted by Crippen LogP contribution is 2.20. The van der Waals surface area contributed by atoms with E-state index in [1.165, 1.54) is 18.2 Å². The van der Waals surface area contributed by atoms with Crippen molar-refractivity contribution < 1.29 is 12.8 Å². The maximum absolute atomic E-state index is 12.5. The Morgan fingerprint density at radius 1 is 1.05 bits per heavy atom. The molecule has 22 heavy (non-hydrogen) atoms. The number of aryl methyl sites for hydroxylation is 1. The average molecular weight is 317 g/mol. The Morgan fingerprint density at radius 2 is 1.73 bits per heavy atom. The van der Waals surface area contributed by atoms with E-state index in [2.05, 4.69) is 4.98 Å². The number of fused-ring (bicyclic) bond motifs is 1. The van der Waals surface area contributed by atoms with Crippen LogP contribution in [0, 0.1) is 6.92 Å². The van der Waals surface area contributed by atoms with E-state index in [9.17, 15) is 18.0 Å². The number of hydrogen-bond acceptors (Lipinski definition) is 5. The lowest BCUT2D eigenvalue weighted by atomic mass is 10.2. The molecule has 0 spiro atoms. The van der Waals surface area contributed by atoms with Crippen LogP contribution < -0.4 is 11.2 Å². The summed E-state index contributed by atoms with van der Waals surface area (Å²) in [7, 11) is -4.05. The third-order valence-electron chi connectivity index (χ3n) is 3.19. The smallest absolute Gasteiger partial charge is 0.355 e. The molecular formula is C15H11NO5S. The molecule has 2 heterocycles. The van der Waals surface area contributed by atoms with Crippen molar-refractivity contribution in [1.82, 2.24) is 4.98 Å². The van der Waals surface area contributed by atoms with Gasteiger partial charge in [0.15, 0.2) is 4.90 Å². The van der Waals surface area contributed by atoms with Gasteiger partial charge in [-0.05, 0) is 25.1 Å². The van der Waals surface area contributed by atoms with Crippen molar-refractivity contribution in [2.75, 3.05) is 0 Å². The van der Waals surface area contributed by atoms with Crippen molar-refractivity contribution >= 4 is 20.8 Å². The van der Waals surface area contributed by atoms with Crippen LogP contribution >= 0.6 is 0 Å². The Balaban J connectivity index is 2.36. The third-order valence-corrected chi connectivity index (χ3v) is 4.95. The van der Waals surface area contributed by atoms with Crippen LogP contribution in [-0.2, 0) is 9.84 Å². The number of pyridine rings is 1. The third kappa shape index (κ3) is 2.25. The molecule has 3 rings (SSSR count). The van der Waals surface area contributed by atoms with Gasteiger partial charge < -0.3 is 9.40 Å². The van der Waals surface area contributed by atoms with Gasteiger partial charge in [-0.3, -0.25) is 4.79 Å². The molecule has 0 aliphatic heterocycles. The maximum Gasteiger partial charge on any atom is 0.355 e. The molecule has 1 N–H and O–H groups in total. The predicted octanol–water partition coefficient (Wildman–Crippen LogP) is 1.62. The van der Waals surface area contributed by atoms with Crippen LogP contribution in [0.5, 0.6) is 0 Å². The van der Waals surface area contributed by atoms with Gasteiger partial charge in [-0.1, -0.05) is 18.2 Å². The number of sulfone groups is 1. The molecule has 0 saturated heterocycles. The number of H-pyrrole nitrogens is 1. The number of nitrogens with one attached hydrogen (secondary N) is 1. The number of rotatable bonds is 2. The maximum atomic E-state index is 12.5. The molecule has 1 aromatic carbocycles. The highest BCUT2D eigenvalue weighted by atomic mass is 32.2. The first-order valence-electron chi connectivity index (χ1n) is 6.37. The minimum absolute atomic E-state index is 0.0136. The van der Waals surface area contributed by atoms with Gasteiger partial charge in [0.25, 0.3) is 5.56 Å². The van der Waals surface area contributed by atoms with Crippen LogP contribution in [-0.4, -0.2) is 13.4 Å². The van der Waals surface area contributed by atoms with Gasteiger partial charge in [0.05, 0.1) is 10.3 Å². The van der Waals surface area contributed by atoms with Gasteiger partial charge in [0.2, 0.25) is 9.84 Å². The molecule has 0 aliphatic carbocycles. The average Bonchev–Trinajstić information content (AvgIpc) is 2.47. The fraction of sp³-hybridized carbons (Fsp3) is 0.0667. The quantitative estimate of drug-likeness (QED) is 0.774. The molecular weight excluding hydrogens is 306 g/mol. The first-order valence-corrected chi connectivity index (χ1v) is 7.86. The molecule has 0 unspecified atom stereocenters. The Bertz CT molecular complexity index is 1080. The van der Waals surface area contributed by atoms with E-state index in [-0.39, 0.29) is 15.9 Å². The van der Waals surface area contributed by atoms with Crippen LogP contribution in [0.15, 0.2) is 66.3 Å². The first kappa shape index (κ1) is 14.3. The van der Waals surface area contributed by atoms with Crippen LogP contribution in [0.4, 0.5) is 0 Å². The van der Waals surface area contributed by atoms with Gasteiger partial charge in [-0.15, -0.1) is 0 Å². The molecule has 0 radical (unpaired) electrons. The normalized spacial score (nSPS) is 11.7. The minimum atomic E-state index is -4.05. The van der Waals surface area contributed by atoms with Gasteiger partial charge in [-0.2, -0.15) is 0 Å². The number of aromatic amines is 1. The van der Waals surface area contributed by atoms with Crippen LogP contribution in [0.25, 0.3) is 11.0 Å².